The van der Waals surface area contributed by atoms with Gasteiger partial charge in [-0.15, -0.1) is 0 Å². The second kappa shape index (κ2) is 6.55. The zero-order valence-corrected chi connectivity index (χ0v) is 12.8. The van der Waals surface area contributed by atoms with E-state index in [1.165, 1.54) is 12.1 Å². The molecule has 0 unspecified atom stereocenters. The number of hydrogen-bond donors (Lipinski definition) is 0. The topological polar surface area (TPSA) is 39.9 Å². The fourth-order valence-electron chi connectivity index (χ4n) is 2.75. The Hall–Kier alpha value is -2.77. The third kappa shape index (κ3) is 3.53. The normalized spacial score (nSPS) is 10.9. The van der Waals surface area contributed by atoms with Crippen molar-refractivity contribution in [1.82, 2.24) is 9.88 Å². The highest BCUT2D eigenvalue weighted by Crippen LogP contribution is 2.20. The van der Waals surface area contributed by atoms with Gasteiger partial charge in [0.25, 0.3) is 0 Å². The van der Waals surface area contributed by atoms with Gasteiger partial charge in [-0.25, -0.2) is 4.39 Å². The summed E-state index contributed by atoms with van der Waals surface area (Å²) in [6.45, 7) is 1.27. The SMILES string of the molecule is CN(Cc1cccc(C#N)c1)Cc1cc(F)cc2cccnc12. The van der Waals surface area contributed by atoms with Crippen LogP contribution < -0.4 is 0 Å². The van der Waals surface area contributed by atoms with Gasteiger partial charge < -0.3 is 0 Å². The molecule has 1 aromatic heterocycles. The molecule has 3 nitrogen and oxygen atoms in total. The van der Waals surface area contributed by atoms with Crippen LogP contribution in [-0.4, -0.2) is 16.9 Å². The molecular weight excluding hydrogens is 289 g/mol. The Bertz CT molecular complexity index is 883. The first-order valence-electron chi connectivity index (χ1n) is 7.36. The third-order valence-corrected chi connectivity index (χ3v) is 3.70. The molecule has 0 bridgehead atoms. The first-order chi connectivity index (χ1) is 11.2. The molecule has 0 aliphatic carbocycles. The van der Waals surface area contributed by atoms with Crippen molar-refractivity contribution in [2.75, 3.05) is 7.05 Å². The number of benzene rings is 2. The van der Waals surface area contributed by atoms with E-state index in [-0.39, 0.29) is 5.82 Å². The van der Waals surface area contributed by atoms with E-state index in [0.29, 0.717) is 18.7 Å². The molecule has 2 aromatic carbocycles. The van der Waals surface area contributed by atoms with Gasteiger partial charge in [0.2, 0.25) is 0 Å². The van der Waals surface area contributed by atoms with Crippen LogP contribution in [0.3, 0.4) is 0 Å². The van der Waals surface area contributed by atoms with Crippen LogP contribution >= 0.6 is 0 Å². The molecule has 0 spiro atoms. The van der Waals surface area contributed by atoms with Gasteiger partial charge in [-0.1, -0.05) is 18.2 Å². The molecule has 1 heterocycles. The van der Waals surface area contributed by atoms with Gasteiger partial charge in [-0.2, -0.15) is 5.26 Å². The lowest BCUT2D eigenvalue weighted by atomic mass is 10.1. The average molecular weight is 305 g/mol. The summed E-state index contributed by atoms with van der Waals surface area (Å²) in [6.07, 6.45) is 1.72. The summed E-state index contributed by atoms with van der Waals surface area (Å²) in [4.78, 5) is 6.46. The van der Waals surface area contributed by atoms with Crippen LogP contribution in [0.5, 0.6) is 0 Å². The molecule has 0 fully saturated rings. The maximum absolute atomic E-state index is 13.8. The molecule has 3 rings (SSSR count). The monoisotopic (exact) mass is 305 g/mol. The van der Waals surface area contributed by atoms with Gasteiger partial charge >= 0.3 is 0 Å². The average Bonchev–Trinajstić information content (AvgIpc) is 2.54. The second-order valence-electron chi connectivity index (χ2n) is 5.62. The smallest absolute Gasteiger partial charge is 0.124 e. The van der Waals surface area contributed by atoms with Crippen molar-refractivity contribution in [3.05, 3.63) is 77.2 Å². The number of rotatable bonds is 4. The quantitative estimate of drug-likeness (QED) is 0.734. The van der Waals surface area contributed by atoms with Gasteiger partial charge in [-0.05, 0) is 48.5 Å². The number of halogens is 1. The minimum absolute atomic E-state index is 0.250. The van der Waals surface area contributed by atoms with Crippen molar-refractivity contribution in [1.29, 1.82) is 5.26 Å². The highest BCUT2D eigenvalue weighted by atomic mass is 19.1. The van der Waals surface area contributed by atoms with Gasteiger partial charge in [0.05, 0.1) is 17.1 Å². The first-order valence-corrected chi connectivity index (χ1v) is 7.36. The summed E-state index contributed by atoms with van der Waals surface area (Å²) in [5.41, 5.74) is 3.39. The van der Waals surface area contributed by atoms with Crippen molar-refractivity contribution in [2.24, 2.45) is 0 Å². The van der Waals surface area contributed by atoms with Crippen LogP contribution in [0.1, 0.15) is 16.7 Å². The zero-order valence-electron chi connectivity index (χ0n) is 12.8. The summed E-state index contributed by atoms with van der Waals surface area (Å²) in [7, 11) is 1.97. The molecule has 0 saturated heterocycles. The van der Waals surface area contributed by atoms with Crippen LogP contribution in [0.15, 0.2) is 54.7 Å². The van der Waals surface area contributed by atoms with Crippen LogP contribution in [0, 0.1) is 17.1 Å². The fourth-order valence-corrected chi connectivity index (χ4v) is 2.75. The molecule has 4 heteroatoms. The Morgan fingerprint density at radius 3 is 2.83 bits per heavy atom. The van der Waals surface area contributed by atoms with E-state index in [4.69, 9.17) is 5.26 Å². The molecule has 0 N–H and O–H groups in total. The Balaban J connectivity index is 1.83. The summed E-state index contributed by atoms with van der Waals surface area (Å²) in [5, 5.41) is 9.77. The summed E-state index contributed by atoms with van der Waals surface area (Å²) in [5.74, 6) is -0.250. The lowest BCUT2D eigenvalue weighted by Gasteiger charge is -2.18. The van der Waals surface area contributed by atoms with E-state index in [9.17, 15) is 4.39 Å². The number of aromatic nitrogens is 1. The molecule has 0 aliphatic heterocycles. The standard InChI is InChI=1S/C19H16FN3/c1-23(12-15-5-2-4-14(8-15)11-21)13-17-10-18(20)9-16-6-3-7-22-19(16)17/h2-10H,12-13H2,1H3. The van der Waals surface area contributed by atoms with E-state index in [1.54, 1.807) is 12.3 Å². The van der Waals surface area contributed by atoms with Crippen LogP contribution in [0.4, 0.5) is 4.39 Å². The van der Waals surface area contributed by atoms with E-state index >= 15 is 0 Å². The molecule has 3 aromatic rings. The Morgan fingerprint density at radius 2 is 2.00 bits per heavy atom. The highest BCUT2D eigenvalue weighted by Gasteiger charge is 2.09. The molecule has 0 radical (unpaired) electrons. The van der Waals surface area contributed by atoms with E-state index in [0.717, 1.165) is 22.0 Å². The summed E-state index contributed by atoms with van der Waals surface area (Å²) < 4.78 is 13.8. The molecule has 0 amide bonds. The van der Waals surface area contributed by atoms with Crippen molar-refractivity contribution in [2.45, 2.75) is 13.1 Å². The second-order valence-corrected chi connectivity index (χ2v) is 5.62. The minimum atomic E-state index is -0.250. The number of fused-ring (bicyclic) bond motifs is 1. The number of nitriles is 1. The maximum atomic E-state index is 13.8. The molecule has 0 atom stereocenters. The number of pyridine rings is 1. The molecule has 23 heavy (non-hydrogen) atoms. The van der Waals surface area contributed by atoms with Crippen LogP contribution in [0.2, 0.25) is 0 Å². The van der Waals surface area contributed by atoms with Gasteiger partial charge in [-0.3, -0.25) is 9.88 Å². The van der Waals surface area contributed by atoms with Gasteiger partial charge in [0, 0.05) is 24.7 Å². The van der Waals surface area contributed by atoms with E-state index < -0.39 is 0 Å². The number of hydrogen-bond acceptors (Lipinski definition) is 3. The lowest BCUT2D eigenvalue weighted by molar-refractivity contribution is 0.319. The van der Waals surface area contributed by atoms with Crippen molar-refractivity contribution in [3.8, 4) is 6.07 Å². The highest BCUT2D eigenvalue weighted by molar-refractivity contribution is 5.81. The minimum Gasteiger partial charge on any atom is -0.298 e. The third-order valence-electron chi connectivity index (χ3n) is 3.70. The summed E-state index contributed by atoms with van der Waals surface area (Å²) in [6, 6.07) is 16.4. The van der Waals surface area contributed by atoms with Crippen molar-refractivity contribution < 1.29 is 4.39 Å². The van der Waals surface area contributed by atoms with Gasteiger partial charge in [0.15, 0.2) is 0 Å². The first kappa shape index (κ1) is 15.1. The predicted octanol–water partition coefficient (Wildman–Crippen LogP) is 3.88. The Morgan fingerprint density at radius 1 is 1.13 bits per heavy atom. The molecule has 114 valence electrons. The van der Waals surface area contributed by atoms with Crippen molar-refractivity contribution >= 4 is 10.9 Å². The molecule has 0 saturated carbocycles. The number of nitrogens with zero attached hydrogens (tertiary/aromatic N) is 3. The van der Waals surface area contributed by atoms with Gasteiger partial charge in [0.1, 0.15) is 5.82 Å². The molecular formula is C19H16FN3. The van der Waals surface area contributed by atoms with Crippen LogP contribution in [0.25, 0.3) is 10.9 Å². The van der Waals surface area contributed by atoms with E-state index in [1.807, 2.05) is 37.4 Å². The zero-order chi connectivity index (χ0) is 16.2. The van der Waals surface area contributed by atoms with Crippen molar-refractivity contribution in [3.63, 3.8) is 0 Å². The van der Waals surface area contributed by atoms with E-state index in [2.05, 4.69) is 16.0 Å². The largest absolute Gasteiger partial charge is 0.298 e. The predicted molar refractivity (Wildman–Crippen MR) is 88.0 cm³/mol. The Kier molecular flexibility index (Phi) is 4.31. The Labute approximate surface area is 134 Å². The maximum Gasteiger partial charge on any atom is 0.124 e. The molecule has 0 aliphatic rings. The fraction of sp³-hybridized carbons (Fsp3) is 0.158. The van der Waals surface area contributed by atoms with Crippen LogP contribution in [-0.2, 0) is 13.1 Å². The summed E-state index contributed by atoms with van der Waals surface area (Å²) >= 11 is 0. The lowest BCUT2D eigenvalue weighted by Crippen LogP contribution is -2.17.